The Bertz CT molecular complexity index is 1070. The summed E-state index contributed by atoms with van der Waals surface area (Å²) in [6.07, 6.45) is 61.7. The molecule has 0 radical (unpaired) electrons. The van der Waals surface area contributed by atoms with Gasteiger partial charge in [-0.2, -0.15) is 0 Å². The number of phosphoric acid groups is 1. The molecule has 0 fully saturated rings. The number of carbonyl (C=O) groups excluding carboxylic acids is 1. The highest BCUT2D eigenvalue weighted by Crippen LogP contribution is 2.43. The molecule has 0 aliphatic heterocycles. The van der Waals surface area contributed by atoms with Crippen LogP contribution in [0, 0.1) is 0 Å². The Kier molecular flexibility index (Phi) is 51.0. The maximum atomic E-state index is 13.0. The Morgan fingerprint density at radius 2 is 0.706 bits per heavy atom. The quantitative estimate of drug-likeness (QED) is 0.0319. The number of likely N-dealkylation sites (N-methyl/N-ethyl adjacent to an activating group) is 1. The Hall–Kier alpha value is -0.500. The molecule has 0 aromatic rings. The topological polar surface area (TPSA) is 105 Å². The van der Waals surface area contributed by atoms with Crippen LogP contribution in [0.25, 0.3) is 0 Å². The number of rotatable bonds is 57. The lowest BCUT2D eigenvalue weighted by Gasteiger charge is -2.26. The summed E-state index contributed by atoms with van der Waals surface area (Å²) in [5, 5.41) is 14.1. The van der Waals surface area contributed by atoms with Crippen molar-refractivity contribution in [1.82, 2.24) is 5.32 Å². The minimum Gasteiger partial charge on any atom is -0.391 e. The number of nitrogens with zero attached hydrogens (tertiary/aromatic N) is 1. The summed E-state index contributed by atoms with van der Waals surface area (Å²) in [5.41, 5.74) is 0. The summed E-state index contributed by atoms with van der Waals surface area (Å²) in [5.74, 6) is -0.136. The van der Waals surface area contributed by atoms with Crippen molar-refractivity contribution in [2.45, 2.75) is 334 Å². The van der Waals surface area contributed by atoms with E-state index in [0.29, 0.717) is 23.9 Å². The minimum absolute atomic E-state index is 0.0792. The van der Waals surface area contributed by atoms with E-state index >= 15 is 0 Å². The molecule has 0 heterocycles. The van der Waals surface area contributed by atoms with Crippen LogP contribution in [0.15, 0.2) is 0 Å². The van der Waals surface area contributed by atoms with Crippen molar-refractivity contribution in [2.75, 3.05) is 40.9 Å². The molecule has 0 aromatic heterocycles. The Morgan fingerprint density at radius 1 is 0.441 bits per heavy atom. The van der Waals surface area contributed by atoms with Gasteiger partial charge in [-0.05, 0) is 12.8 Å². The number of hydrogen-bond donors (Lipinski definition) is 3. The van der Waals surface area contributed by atoms with Crippen LogP contribution in [0.4, 0.5) is 0 Å². The van der Waals surface area contributed by atoms with E-state index < -0.39 is 20.0 Å². The van der Waals surface area contributed by atoms with Crippen LogP contribution in [0.2, 0.25) is 0 Å². The second kappa shape index (κ2) is 51.4. The van der Waals surface area contributed by atoms with Crippen molar-refractivity contribution in [1.29, 1.82) is 0 Å². The molecule has 408 valence electrons. The number of unbranched alkanes of at least 4 members (excludes halogenated alkanes) is 44. The Balaban J connectivity index is 4.06. The summed E-state index contributed by atoms with van der Waals surface area (Å²) in [6.45, 7) is 4.95. The van der Waals surface area contributed by atoms with Gasteiger partial charge in [-0.1, -0.05) is 303 Å². The van der Waals surface area contributed by atoms with E-state index in [0.717, 1.165) is 38.5 Å². The third-order valence-corrected chi connectivity index (χ3v) is 15.3. The third kappa shape index (κ3) is 53.3. The van der Waals surface area contributed by atoms with Crippen LogP contribution in [0.5, 0.6) is 0 Å². The first-order valence-electron chi connectivity index (χ1n) is 30.4. The first-order valence-corrected chi connectivity index (χ1v) is 31.9. The molecule has 68 heavy (non-hydrogen) atoms. The molecule has 9 heteroatoms. The van der Waals surface area contributed by atoms with E-state index in [1.165, 1.54) is 257 Å². The second-order valence-electron chi connectivity index (χ2n) is 22.4. The number of nitrogens with one attached hydrogen (secondary N) is 1. The van der Waals surface area contributed by atoms with Crippen molar-refractivity contribution in [2.24, 2.45) is 0 Å². The van der Waals surface area contributed by atoms with E-state index in [9.17, 15) is 19.4 Å². The van der Waals surface area contributed by atoms with E-state index in [1.807, 2.05) is 21.1 Å². The van der Waals surface area contributed by atoms with Crippen molar-refractivity contribution in [3.63, 3.8) is 0 Å². The molecule has 0 saturated carbocycles. The van der Waals surface area contributed by atoms with E-state index in [1.54, 1.807) is 0 Å². The molecule has 1 amide bonds. The van der Waals surface area contributed by atoms with Crippen molar-refractivity contribution < 1.29 is 32.9 Å². The zero-order valence-corrected chi connectivity index (χ0v) is 47.5. The van der Waals surface area contributed by atoms with Gasteiger partial charge >= 0.3 is 7.82 Å². The van der Waals surface area contributed by atoms with E-state index in [2.05, 4.69) is 19.2 Å². The highest BCUT2D eigenvalue weighted by atomic mass is 31.2. The summed E-state index contributed by atoms with van der Waals surface area (Å²) in [4.78, 5) is 23.3. The molecular formula is C59H122N2O6P+. The van der Waals surface area contributed by atoms with Crippen molar-refractivity contribution >= 4 is 13.7 Å². The van der Waals surface area contributed by atoms with Gasteiger partial charge in [0.05, 0.1) is 39.9 Å². The largest absolute Gasteiger partial charge is 0.472 e. The van der Waals surface area contributed by atoms with Crippen LogP contribution in [0.1, 0.15) is 322 Å². The molecule has 0 rings (SSSR count). The van der Waals surface area contributed by atoms with Crippen molar-refractivity contribution in [3.05, 3.63) is 0 Å². The fourth-order valence-electron chi connectivity index (χ4n) is 9.58. The van der Waals surface area contributed by atoms with Crippen LogP contribution in [0.3, 0.4) is 0 Å². The van der Waals surface area contributed by atoms with Gasteiger partial charge in [-0.3, -0.25) is 13.8 Å². The molecule has 3 atom stereocenters. The van der Waals surface area contributed by atoms with Gasteiger partial charge in [0, 0.05) is 6.42 Å². The van der Waals surface area contributed by atoms with Gasteiger partial charge in [0.15, 0.2) is 0 Å². The van der Waals surface area contributed by atoms with Gasteiger partial charge in [-0.15, -0.1) is 0 Å². The minimum atomic E-state index is -4.32. The van der Waals surface area contributed by atoms with Gasteiger partial charge in [-0.25, -0.2) is 4.57 Å². The number of aliphatic hydroxyl groups is 1. The van der Waals surface area contributed by atoms with Crippen LogP contribution in [-0.4, -0.2) is 73.4 Å². The van der Waals surface area contributed by atoms with E-state index in [4.69, 9.17) is 9.05 Å². The average Bonchev–Trinajstić information content (AvgIpc) is 3.30. The third-order valence-electron chi connectivity index (χ3n) is 14.4. The van der Waals surface area contributed by atoms with Crippen LogP contribution in [-0.2, 0) is 18.4 Å². The summed E-state index contributed by atoms with van der Waals surface area (Å²) >= 11 is 0. The standard InChI is InChI=1S/C59H121N2O6P/c1-6-8-10-12-14-16-18-20-22-24-26-27-28-29-30-31-32-33-34-35-36-38-40-42-44-46-48-50-52-58(62)57(56-67-68(64,65)66-55-54-61(3,4)5)60-59(63)53-51-49-47-45-43-41-39-37-25-23-21-19-17-15-13-11-9-7-2/h57-58,62H,6-56H2,1-5H3,(H-,60,63,64,65)/p+1. The highest BCUT2D eigenvalue weighted by molar-refractivity contribution is 7.47. The molecule has 0 aliphatic rings. The molecule has 0 aliphatic carbocycles. The Labute approximate surface area is 425 Å². The lowest BCUT2D eigenvalue weighted by molar-refractivity contribution is -0.870. The first kappa shape index (κ1) is 67.5. The SMILES string of the molecule is CCCCCCCCCCCCCCCCCCCCCCCCCCCCCCC(O)C(COP(=O)(O)OCC[N+](C)(C)C)NC(=O)CCCCCCCCCCCCCCCCCCCC. The van der Waals surface area contributed by atoms with Crippen molar-refractivity contribution in [3.8, 4) is 0 Å². The average molecular weight is 987 g/mol. The normalized spacial score (nSPS) is 13.8. The smallest absolute Gasteiger partial charge is 0.391 e. The summed E-state index contributed by atoms with van der Waals surface area (Å²) < 4.78 is 23.8. The molecule has 0 spiro atoms. The molecule has 0 saturated heterocycles. The summed E-state index contributed by atoms with van der Waals surface area (Å²) in [6, 6.07) is -0.755. The number of quaternary nitrogens is 1. The molecule has 0 aromatic carbocycles. The lowest BCUT2D eigenvalue weighted by atomic mass is 10.0. The van der Waals surface area contributed by atoms with Gasteiger partial charge in [0.1, 0.15) is 13.2 Å². The number of carbonyl (C=O) groups is 1. The lowest BCUT2D eigenvalue weighted by Crippen LogP contribution is -2.46. The monoisotopic (exact) mass is 986 g/mol. The van der Waals surface area contributed by atoms with Gasteiger partial charge < -0.3 is 19.8 Å². The number of amides is 1. The fraction of sp³-hybridized carbons (Fsp3) is 0.983. The molecule has 0 bridgehead atoms. The van der Waals surface area contributed by atoms with Crippen LogP contribution >= 0.6 is 7.82 Å². The molecule has 3 N–H and O–H groups in total. The molecule has 3 unspecified atom stereocenters. The number of phosphoric ester groups is 1. The second-order valence-corrected chi connectivity index (χ2v) is 23.9. The number of aliphatic hydroxyl groups excluding tert-OH is 1. The fourth-order valence-corrected chi connectivity index (χ4v) is 10.3. The highest BCUT2D eigenvalue weighted by Gasteiger charge is 2.28. The number of hydrogen-bond acceptors (Lipinski definition) is 5. The predicted octanol–water partition coefficient (Wildman–Crippen LogP) is 18.4. The predicted molar refractivity (Wildman–Crippen MR) is 296 cm³/mol. The van der Waals surface area contributed by atoms with E-state index in [-0.39, 0.29) is 19.1 Å². The maximum Gasteiger partial charge on any atom is 0.472 e. The van der Waals surface area contributed by atoms with Gasteiger partial charge in [0.25, 0.3) is 0 Å². The Morgan fingerprint density at radius 3 is 0.985 bits per heavy atom. The molecule has 8 nitrogen and oxygen atoms in total. The maximum absolute atomic E-state index is 13.0. The zero-order valence-electron chi connectivity index (χ0n) is 46.6. The molecular weight excluding hydrogens is 864 g/mol. The first-order chi connectivity index (χ1) is 33.0. The van der Waals surface area contributed by atoms with Gasteiger partial charge in [0.2, 0.25) is 5.91 Å². The zero-order chi connectivity index (χ0) is 49.9. The summed E-state index contributed by atoms with van der Waals surface area (Å²) in [7, 11) is 1.64. The van der Waals surface area contributed by atoms with Crippen LogP contribution < -0.4 is 5.32 Å².